The standard InChI is InChI=1S/C14H20ClN3O/c1-9(2)18(8-10-4-5-10)14(19)11-6-13(16-3)17-7-12(11)15/h6-7,9-10H,4-5,8H2,1-3H3,(H,16,17). The second-order valence-electron chi connectivity index (χ2n) is 5.29. The molecule has 5 heteroatoms. The number of nitrogens with zero attached hydrogens (tertiary/aromatic N) is 2. The zero-order chi connectivity index (χ0) is 14.0. The summed E-state index contributed by atoms with van der Waals surface area (Å²) in [6.45, 7) is 4.90. The highest BCUT2D eigenvalue weighted by atomic mass is 35.5. The molecule has 0 atom stereocenters. The molecule has 0 radical (unpaired) electrons. The number of amides is 1. The molecule has 19 heavy (non-hydrogen) atoms. The van der Waals surface area contributed by atoms with Crippen molar-refractivity contribution >= 4 is 23.3 Å². The van der Waals surface area contributed by atoms with Crippen molar-refractivity contribution in [2.24, 2.45) is 5.92 Å². The van der Waals surface area contributed by atoms with E-state index in [-0.39, 0.29) is 11.9 Å². The molecule has 104 valence electrons. The Labute approximate surface area is 119 Å². The first-order valence-electron chi connectivity index (χ1n) is 6.67. The molecule has 1 fully saturated rings. The number of rotatable bonds is 5. The molecule has 1 saturated carbocycles. The first-order chi connectivity index (χ1) is 9.02. The maximum absolute atomic E-state index is 12.6. The van der Waals surface area contributed by atoms with Gasteiger partial charge in [0.1, 0.15) is 5.82 Å². The van der Waals surface area contributed by atoms with Crippen molar-refractivity contribution in [3.8, 4) is 0 Å². The predicted octanol–water partition coefficient (Wildman–Crippen LogP) is 3.04. The molecule has 1 aliphatic rings. The Bertz CT molecular complexity index is 472. The van der Waals surface area contributed by atoms with Gasteiger partial charge in [-0.25, -0.2) is 4.98 Å². The van der Waals surface area contributed by atoms with Crippen LogP contribution in [0, 0.1) is 5.92 Å². The number of aromatic nitrogens is 1. The van der Waals surface area contributed by atoms with Gasteiger partial charge in [0, 0.05) is 25.8 Å². The number of nitrogens with one attached hydrogen (secondary N) is 1. The maximum atomic E-state index is 12.6. The van der Waals surface area contributed by atoms with Crippen LogP contribution in [0.3, 0.4) is 0 Å². The van der Waals surface area contributed by atoms with Crippen LogP contribution in [0.15, 0.2) is 12.3 Å². The molecule has 4 nitrogen and oxygen atoms in total. The van der Waals surface area contributed by atoms with Gasteiger partial charge in [0.25, 0.3) is 5.91 Å². The van der Waals surface area contributed by atoms with Crippen LogP contribution in [0.4, 0.5) is 5.82 Å². The summed E-state index contributed by atoms with van der Waals surface area (Å²) in [6.07, 6.45) is 3.97. The monoisotopic (exact) mass is 281 g/mol. The second-order valence-corrected chi connectivity index (χ2v) is 5.70. The molecule has 0 unspecified atom stereocenters. The zero-order valence-electron chi connectivity index (χ0n) is 11.6. The van der Waals surface area contributed by atoms with E-state index in [1.54, 1.807) is 13.1 Å². The molecular formula is C14H20ClN3O. The van der Waals surface area contributed by atoms with Gasteiger partial charge in [-0.15, -0.1) is 0 Å². The van der Waals surface area contributed by atoms with Crippen LogP contribution < -0.4 is 5.32 Å². The topological polar surface area (TPSA) is 45.2 Å². The lowest BCUT2D eigenvalue weighted by Crippen LogP contribution is -2.38. The predicted molar refractivity (Wildman–Crippen MR) is 77.7 cm³/mol. The Morgan fingerprint density at radius 1 is 1.58 bits per heavy atom. The number of hydrogen-bond donors (Lipinski definition) is 1. The number of hydrogen-bond acceptors (Lipinski definition) is 3. The second kappa shape index (κ2) is 5.78. The average molecular weight is 282 g/mol. The fourth-order valence-electron chi connectivity index (χ4n) is 2.00. The molecule has 1 amide bonds. The summed E-state index contributed by atoms with van der Waals surface area (Å²) in [6, 6.07) is 1.89. The Balaban J connectivity index is 2.24. The van der Waals surface area contributed by atoms with Gasteiger partial charge >= 0.3 is 0 Å². The molecular weight excluding hydrogens is 262 g/mol. The molecule has 0 spiro atoms. The summed E-state index contributed by atoms with van der Waals surface area (Å²) in [5.74, 6) is 1.31. The lowest BCUT2D eigenvalue weighted by atomic mass is 10.2. The van der Waals surface area contributed by atoms with E-state index in [4.69, 9.17) is 11.6 Å². The molecule has 0 saturated heterocycles. The number of carbonyl (C=O) groups is 1. The van der Waals surface area contributed by atoms with Crippen molar-refractivity contribution in [2.75, 3.05) is 18.9 Å². The normalized spacial score (nSPS) is 14.6. The van der Waals surface area contributed by atoms with Gasteiger partial charge in [-0.2, -0.15) is 0 Å². The summed E-state index contributed by atoms with van der Waals surface area (Å²) in [5, 5.41) is 3.34. The highest BCUT2D eigenvalue weighted by Crippen LogP contribution is 2.31. The lowest BCUT2D eigenvalue weighted by Gasteiger charge is -2.27. The van der Waals surface area contributed by atoms with Gasteiger partial charge in [-0.1, -0.05) is 11.6 Å². The van der Waals surface area contributed by atoms with Crippen LogP contribution in [0.2, 0.25) is 5.02 Å². The quantitative estimate of drug-likeness (QED) is 0.902. The summed E-state index contributed by atoms with van der Waals surface area (Å²) >= 11 is 6.11. The summed E-state index contributed by atoms with van der Waals surface area (Å²) in [5.41, 5.74) is 0.523. The third-order valence-electron chi connectivity index (χ3n) is 3.38. The Morgan fingerprint density at radius 2 is 2.26 bits per heavy atom. The number of pyridine rings is 1. The Hall–Kier alpha value is -1.29. The van der Waals surface area contributed by atoms with Gasteiger partial charge in [-0.3, -0.25) is 4.79 Å². The number of carbonyl (C=O) groups excluding carboxylic acids is 1. The van der Waals surface area contributed by atoms with E-state index in [0.717, 1.165) is 6.54 Å². The van der Waals surface area contributed by atoms with Gasteiger partial charge < -0.3 is 10.2 Å². The van der Waals surface area contributed by atoms with Crippen LogP contribution in [-0.2, 0) is 0 Å². The number of halogens is 1. The maximum Gasteiger partial charge on any atom is 0.255 e. The Kier molecular flexibility index (Phi) is 4.30. The number of anilines is 1. The molecule has 0 bridgehead atoms. The molecule has 0 aliphatic heterocycles. The van der Waals surface area contributed by atoms with E-state index in [9.17, 15) is 4.79 Å². The fraction of sp³-hybridized carbons (Fsp3) is 0.571. The zero-order valence-corrected chi connectivity index (χ0v) is 12.4. The van der Waals surface area contributed by atoms with E-state index in [0.29, 0.717) is 22.3 Å². The van der Waals surface area contributed by atoms with Crippen molar-refractivity contribution in [2.45, 2.75) is 32.7 Å². The van der Waals surface area contributed by atoms with Gasteiger partial charge in [0.2, 0.25) is 0 Å². The molecule has 1 aromatic rings. The minimum absolute atomic E-state index is 0.00852. The van der Waals surface area contributed by atoms with Crippen molar-refractivity contribution in [3.05, 3.63) is 22.8 Å². The Morgan fingerprint density at radius 3 is 2.79 bits per heavy atom. The third kappa shape index (κ3) is 3.38. The summed E-state index contributed by atoms with van der Waals surface area (Å²) in [4.78, 5) is 18.6. The van der Waals surface area contributed by atoms with E-state index in [2.05, 4.69) is 10.3 Å². The van der Waals surface area contributed by atoms with Crippen molar-refractivity contribution < 1.29 is 4.79 Å². The summed E-state index contributed by atoms with van der Waals surface area (Å²) in [7, 11) is 1.77. The first kappa shape index (κ1) is 14.1. The van der Waals surface area contributed by atoms with Crippen molar-refractivity contribution in [1.82, 2.24) is 9.88 Å². The molecule has 2 rings (SSSR count). The highest BCUT2D eigenvalue weighted by Gasteiger charge is 2.29. The lowest BCUT2D eigenvalue weighted by molar-refractivity contribution is 0.0696. The smallest absolute Gasteiger partial charge is 0.255 e. The minimum atomic E-state index is -0.00852. The summed E-state index contributed by atoms with van der Waals surface area (Å²) < 4.78 is 0. The molecule has 1 aliphatic carbocycles. The van der Waals surface area contributed by atoms with Gasteiger partial charge in [-0.05, 0) is 38.7 Å². The average Bonchev–Trinajstić information content (AvgIpc) is 3.19. The van der Waals surface area contributed by atoms with E-state index >= 15 is 0 Å². The van der Waals surface area contributed by atoms with E-state index in [1.807, 2.05) is 18.7 Å². The van der Waals surface area contributed by atoms with Crippen LogP contribution >= 0.6 is 11.6 Å². The minimum Gasteiger partial charge on any atom is -0.373 e. The third-order valence-corrected chi connectivity index (χ3v) is 3.68. The van der Waals surface area contributed by atoms with Crippen LogP contribution in [0.25, 0.3) is 0 Å². The van der Waals surface area contributed by atoms with E-state index < -0.39 is 0 Å². The van der Waals surface area contributed by atoms with Crippen molar-refractivity contribution in [3.63, 3.8) is 0 Å². The van der Waals surface area contributed by atoms with Crippen LogP contribution in [-0.4, -0.2) is 35.4 Å². The fourth-order valence-corrected chi connectivity index (χ4v) is 2.19. The van der Waals surface area contributed by atoms with Crippen LogP contribution in [0.1, 0.15) is 37.0 Å². The highest BCUT2D eigenvalue weighted by molar-refractivity contribution is 6.33. The SMILES string of the molecule is CNc1cc(C(=O)N(CC2CC2)C(C)C)c(Cl)cn1. The van der Waals surface area contributed by atoms with Gasteiger partial charge in [0.05, 0.1) is 10.6 Å². The van der Waals surface area contributed by atoms with Gasteiger partial charge in [0.15, 0.2) is 0 Å². The first-order valence-corrected chi connectivity index (χ1v) is 7.05. The van der Waals surface area contributed by atoms with E-state index in [1.165, 1.54) is 19.0 Å². The largest absolute Gasteiger partial charge is 0.373 e. The van der Waals surface area contributed by atoms with Crippen molar-refractivity contribution in [1.29, 1.82) is 0 Å². The molecule has 0 aromatic carbocycles. The molecule has 1 heterocycles. The molecule has 1 aromatic heterocycles. The molecule has 1 N–H and O–H groups in total. The van der Waals surface area contributed by atoms with Crippen LogP contribution in [0.5, 0.6) is 0 Å².